The first-order valence-corrected chi connectivity index (χ1v) is 6.25. The molecule has 1 unspecified atom stereocenters. The second kappa shape index (κ2) is 5.78. The molecule has 3 nitrogen and oxygen atoms in total. The summed E-state index contributed by atoms with van der Waals surface area (Å²) >= 11 is 0. The second-order valence-electron chi connectivity index (χ2n) is 4.78. The van der Waals surface area contributed by atoms with Gasteiger partial charge in [-0.15, -0.1) is 6.58 Å². The number of aliphatic hydroxyl groups is 1. The van der Waals surface area contributed by atoms with Crippen LogP contribution >= 0.6 is 0 Å². The molecule has 0 radical (unpaired) electrons. The van der Waals surface area contributed by atoms with E-state index in [0.717, 1.165) is 12.8 Å². The summed E-state index contributed by atoms with van der Waals surface area (Å²) < 4.78 is 31.6. The average molecular weight is 262 g/mol. The Kier molecular flexibility index (Phi) is 4.85. The van der Waals surface area contributed by atoms with Crippen LogP contribution in [0.15, 0.2) is 12.7 Å². The fraction of sp³-hybridized carbons (Fsp3) is 0.769. The van der Waals surface area contributed by atoms with E-state index in [-0.39, 0.29) is 6.61 Å². The van der Waals surface area contributed by atoms with Gasteiger partial charge in [-0.25, -0.2) is 4.79 Å². The van der Waals surface area contributed by atoms with Crippen LogP contribution in [0.1, 0.15) is 39.0 Å². The van der Waals surface area contributed by atoms with Crippen molar-refractivity contribution < 1.29 is 23.4 Å². The van der Waals surface area contributed by atoms with Crippen LogP contribution in [0.3, 0.4) is 0 Å². The number of ether oxygens (including phenoxy) is 1. The highest BCUT2D eigenvalue weighted by Crippen LogP contribution is 2.41. The van der Waals surface area contributed by atoms with Crippen molar-refractivity contribution in [1.82, 2.24) is 0 Å². The van der Waals surface area contributed by atoms with Gasteiger partial charge in [0, 0.05) is 12.3 Å². The lowest BCUT2D eigenvalue weighted by Crippen LogP contribution is -2.41. The molecule has 0 spiro atoms. The van der Waals surface area contributed by atoms with Gasteiger partial charge in [-0.2, -0.15) is 8.78 Å². The highest BCUT2D eigenvalue weighted by molar-refractivity contribution is 5.77. The number of hydrogen-bond donors (Lipinski definition) is 1. The molecule has 1 aliphatic carbocycles. The molecule has 0 saturated heterocycles. The molecule has 0 aliphatic heterocycles. The Morgan fingerprint density at radius 1 is 1.56 bits per heavy atom. The van der Waals surface area contributed by atoms with Gasteiger partial charge in [-0.05, 0) is 19.8 Å². The zero-order valence-electron chi connectivity index (χ0n) is 10.6. The topological polar surface area (TPSA) is 46.5 Å². The number of carbonyl (C=O) groups is 1. The molecule has 0 bridgehead atoms. The standard InChI is InChI=1S/C13H20F2O3/c1-3-10(12(17)7-5-6-8-12)9-13(14,15)11(16)18-4-2/h3,10,17H,1,4-9H2,2H3. The minimum atomic E-state index is -3.58. The summed E-state index contributed by atoms with van der Waals surface area (Å²) in [5.74, 6) is -5.90. The molecule has 1 rings (SSSR count). The number of hydrogen-bond acceptors (Lipinski definition) is 3. The molecule has 1 aliphatic rings. The SMILES string of the molecule is C=CC(CC(F)(F)C(=O)OCC)C1(O)CCCC1. The molecule has 0 aromatic carbocycles. The van der Waals surface area contributed by atoms with Crippen LogP contribution in [0, 0.1) is 5.92 Å². The molecule has 0 aromatic heterocycles. The van der Waals surface area contributed by atoms with Crippen LogP contribution in [-0.2, 0) is 9.53 Å². The summed E-state index contributed by atoms with van der Waals surface area (Å²) in [6.07, 6.45) is 3.15. The fourth-order valence-corrected chi connectivity index (χ4v) is 2.45. The molecule has 1 fully saturated rings. The third-order valence-electron chi connectivity index (χ3n) is 3.49. The summed E-state index contributed by atoms with van der Waals surface area (Å²) in [5, 5.41) is 10.3. The van der Waals surface area contributed by atoms with E-state index in [1.54, 1.807) is 0 Å². The molecule has 1 atom stereocenters. The largest absolute Gasteiger partial charge is 0.462 e. The number of rotatable bonds is 6. The van der Waals surface area contributed by atoms with Gasteiger partial charge < -0.3 is 9.84 Å². The van der Waals surface area contributed by atoms with Gasteiger partial charge in [0.2, 0.25) is 0 Å². The van der Waals surface area contributed by atoms with Crippen LogP contribution < -0.4 is 0 Å². The lowest BCUT2D eigenvalue weighted by molar-refractivity contribution is -0.176. The van der Waals surface area contributed by atoms with E-state index in [4.69, 9.17) is 0 Å². The predicted molar refractivity (Wildman–Crippen MR) is 63.3 cm³/mol. The third kappa shape index (κ3) is 3.28. The smallest absolute Gasteiger partial charge is 0.376 e. The highest BCUT2D eigenvalue weighted by Gasteiger charge is 2.48. The van der Waals surface area contributed by atoms with E-state index >= 15 is 0 Å². The minimum Gasteiger partial charge on any atom is -0.462 e. The molecular formula is C13H20F2O3. The van der Waals surface area contributed by atoms with E-state index in [2.05, 4.69) is 11.3 Å². The van der Waals surface area contributed by atoms with Crippen molar-refractivity contribution in [2.75, 3.05) is 6.61 Å². The minimum absolute atomic E-state index is 0.0859. The zero-order chi connectivity index (χ0) is 13.8. The molecular weight excluding hydrogens is 242 g/mol. The monoisotopic (exact) mass is 262 g/mol. The van der Waals surface area contributed by atoms with Gasteiger partial charge in [0.25, 0.3) is 0 Å². The quantitative estimate of drug-likeness (QED) is 0.591. The predicted octanol–water partition coefficient (Wildman–Crippen LogP) is 2.68. The van der Waals surface area contributed by atoms with Crippen molar-refractivity contribution in [2.24, 2.45) is 5.92 Å². The number of halogens is 2. The van der Waals surface area contributed by atoms with Crippen molar-refractivity contribution in [2.45, 2.75) is 50.6 Å². The van der Waals surface area contributed by atoms with Crippen molar-refractivity contribution >= 4 is 5.97 Å². The number of carbonyl (C=O) groups excluding carboxylic acids is 1. The van der Waals surface area contributed by atoms with Gasteiger partial charge in [0.1, 0.15) is 0 Å². The second-order valence-corrected chi connectivity index (χ2v) is 4.78. The van der Waals surface area contributed by atoms with Crippen LogP contribution in [0.2, 0.25) is 0 Å². The number of alkyl halides is 2. The van der Waals surface area contributed by atoms with Crippen LogP contribution in [0.4, 0.5) is 8.78 Å². The molecule has 1 N–H and O–H groups in total. The maximum absolute atomic E-state index is 13.6. The first kappa shape index (κ1) is 15.1. The first-order valence-electron chi connectivity index (χ1n) is 6.25. The van der Waals surface area contributed by atoms with Crippen molar-refractivity contribution in [1.29, 1.82) is 0 Å². The van der Waals surface area contributed by atoms with Crippen LogP contribution in [0.5, 0.6) is 0 Å². The molecule has 0 amide bonds. The Morgan fingerprint density at radius 2 is 2.11 bits per heavy atom. The normalized spacial score (nSPS) is 20.4. The lowest BCUT2D eigenvalue weighted by atomic mass is 9.82. The van der Waals surface area contributed by atoms with Gasteiger partial charge in [-0.1, -0.05) is 18.9 Å². The lowest BCUT2D eigenvalue weighted by Gasteiger charge is -2.32. The maximum Gasteiger partial charge on any atom is 0.376 e. The van der Waals surface area contributed by atoms with Crippen LogP contribution in [0.25, 0.3) is 0 Å². The van der Waals surface area contributed by atoms with Crippen LogP contribution in [-0.4, -0.2) is 29.2 Å². The van der Waals surface area contributed by atoms with Gasteiger partial charge in [0.15, 0.2) is 0 Å². The van der Waals surface area contributed by atoms with Crippen molar-refractivity contribution in [3.63, 3.8) is 0 Å². The summed E-state index contributed by atoms with van der Waals surface area (Å²) in [5.41, 5.74) is -1.16. The molecule has 18 heavy (non-hydrogen) atoms. The molecule has 0 aromatic rings. The maximum atomic E-state index is 13.6. The van der Waals surface area contributed by atoms with E-state index in [0.29, 0.717) is 12.8 Å². The third-order valence-corrected chi connectivity index (χ3v) is 3.49. The first-order chi connectivity index (χ1) is 8.35. The molecule has 5 heteroatoms. The van der Waals surface area contributed by atoms with E-state index in [1.807, 2.05) is 0 Å². The summed E-state index contributed by atoms with van der Waals surface area (Å²) in [4.78, 5) is 11.1. The summed E-state index contributed by atoms with van der Waals surface area (Å²) in [6.45, 7) is 4.88. The van der Waals surface area contributed by atoms with E-state index in [1.165, 1.54) is 13.0 Å². The Labute approximate surface area is 106 Å². The highest BCUT2D eigenvalue weighted by atomic mass is 19.3. The zero-order valence-corrected chi connectivity index (χ0v) is 10.6. The molecule has 104 valence electrons. The van der Waals surface area contributed by atoms with Crippen molar-refractivity contribution in [3.05, 3.63) is 12.7 Å². The van der Waals surface area contributed by atoms with E-state index in [9.17, 15) is 18.7 Å². The Morgan fingerprint density at radius 3 is 2.56 bits per heavy atom. The van der Waals surface area contributed by atoms with Gasteiger partial charge in [0.05, 0.1) is 12.2 Å². The Hall–Kier alpha value is -0.970. The summed E-state index contributed by atoms with van der Waals surface area (Å²) in [6, 6.07) is 0. The Balaban J connectivity index is 2.73. The summed E-state index contributed by atoms with van der Waals surface area (Å²) in [7, 11) is 0. The average Bonchev–Trinajstić information content (AvgIpc) is 2.74. The van der Waals surface area contributed by atoms with Gasteiger partial charge in [-0.3, -0.25) is 0 Å². The van der Waals surface area contributed by atoms with Gasteiger partial charge >= 0.3 is 11.9 Å². The number of esters is 1. The fourth-order valence-electron chi connectivity index (χ4n) is 2.45. The molecule has 0 heterocycles. The molecule has 1 saturated carbocycles. The Bertz CT molecular complexity index is 309. The van der Waals surface area contributed by atoms with Crippen molar-refractivity contribution in [3.8, 4) is 0 Å². The van der Waals surface area contributed by atoms with E-state index < -0.39 is 29.8 Å².